The Bertz CT molecular complexity index is 1200. The van der Waals surface area contributed by atoms with Crippen molar-refractivity contribution in [2.24, 2.45) is 0 Å². The standard InChI is InChI=1S/C24H22N2O5/c1-16-23(31-17-7-3-2-4-8-17)22(28)19-10-9-18(13-20(19)30-16)29-14-21(27)26-24(15-25)11-5-6-12-24/h2-4,7-10,13H,5-6,11-12,14H2,1H3,(H,26,27). The first-order valence-electron chi connectivity index (χ1n) is 10.2. The van der Waals surface area contributed by atoms with Gasteiger partial charge in [-0.3, -0.25) is 9.59 Å². The zero-order chi connectivity index (χ0) is 21.8. The molecule has 7 nitrogen and oxygen atoms in total. The summed E-state index contributed by atoms with van der Waals surface area (Å²) in [5, 5.41) is 12.5. The van der Waals surface area contributed by atoms with Crippen molar-refractivity contribution in [3.05, 3.63) is 64.5 Å². The molecule has 158 valence electrons. The van der Waals surface area contributed by atoms with Gasteiger partial charge in [-0.15, -0.1) is 0 Å². The Kier molecular flexibility index (Phi) is 5.63. The van der Waals surface area contributed by atoms with Gasteiger partial charge in [-0.1, -0.05) is 18.2 Å². The van der Waals surface area contributed by atoms with E-state index in [0.29, 0.717) is 41.1 Å². The van der Waals surface area contributed by atoms with Gasteiger partial charge in [-0.05, 0) is 56.9 Å². The van der Waals surface area contributed by atoms with E-state index in [9.17, 15) is 14.9 Å². The molecule has 1 aromatic heterocycles. The van der Waals surface area contributed by atoms with Crippen LogP contribution in [0.15, 0.2) is 57.7 Å². The molecular weight excluding hydrogens is 396 g/mol. The van der Waals surface area contributed by atoms with E-state index in [1.165, 1.54) is 0 Å². The normalized spacial score (nSPS) is 14.7. The lowest BCUT2D eigenvalue weighted by Gasteiger charge is -2.21. The Hall–Kier alpha value is -3.79. The van der Waals surface area contributed by atoms with Crippen molar-refractivity contribution in [3.63, 3.8) is 0 Å². The quantitative estimate of drug-likeness (QED) is 0.643. The Morgan fingerprint density at radius 1 is 1.16 bits per heavy atom. The van der Waals surface area contributed by atoms with Gasteiger partial charge in [0, 0.05) is 6.07 Å². The van der Waals surface area contributed by atoms with Crippen LogP contribution in [0.1, 0.15) is 31.4 Å². The topological polar surface area (TPSA) is 102 Å². The largest absolute Gasteiger partial charge is 0.484 e. The number of hydrogen-bond acceptors (Lipinski definition) is 6. The third-order valence-electron chi connectivity index (χ3n) is 5.37. The molecule has 1 amide bonds. The minimum Gasteiger partial charge on any atom is -0.484 e. The maximum absolute atomic E-state index is 12.9. The summed E-state index contributed by atoms with van der Waals surface area (Å²) in [4.78, 5) is 25.1. The average molecular weight is 418 g/mol. The summed E-state index contributed by atoms with van der Waals surface area (Å²) in [5.41, 5.74) is -0.739. The molecule has 3 aromatic rings. The molecule has 1 aliphatic rings. The van der Waals surface area contributed by atoms with E-state index in [1.54, 1.807) is 37.3 Å². The average Bonchev–Trinajstić information content (AvgIpc) is 3.24. The number of amides is 1. The van der Waals surface area contributed by atoms with E-state index in [4.69, 9.17) is 13.9 Å². The molecule has 0 atom stereocenters. The third kappa shape index (κ3) is 4.38. The molecule has 2 aromatic carbocycles. The van der Waals surface area contributed by atoms with Crippen molar-refractivity contribution in [2.45, 2.75) is 38.1 Å². The fourth-order valence-corrected chi connectivity index (χ4v) is 3.78. The molecule has 1 heterocycles. The van der Waals surface area contributed by atoms with Gasteiger partial charge in [0.05, 0.1) is 11.5 Å². The maximum atomic E-state index is 12.9. The van der Waals surface area contributed by atoms with Gasteiger partial charge >= 0.3 is 0 Å². The van der Waals surface area contributed by atoms with Gasteiger partial charge in [0.25, 0.3) is 5.91 Å². The summed E-state index contributed by atoms with van der Waals surface area (Å²) in [5.74, 6) is 1.05. The molecule has 7 heteroatoms. The van der Waals surface area contributed by atoms with E-state index in [1.807, 2.05) is 18.2 Å². The second kappa shape index (κ2) is 8.52. The zero-order valence-electron chi connectivity index (χ0n) is 17.1. The molecule has 0 spiro atoms. The van der Waals surface area contributed by atoms with Crippen LogP contribution in [-0.4, -0.2) is 18.1 Å². The lowest BCUT2D eigenvalue weighted by molar-refractivity contribution is -0.124. The molecule has 31 heavy (non-hydrogen) atoms. The van der Waals surface area contributed by atoms with Crippen LogP contribution in [0.3, 0.4) is 0 Å². The molecule has 4 rings (SSSR count). The third-order valence-corrected chi connectivity index (χ3v) is 5.37. The van der Waals surface area contributed by atoms with Gasteiger partial charge in [-0.25, -0.2) is 0 Å². The Labute approximate surface area is 179 Å². The number of nitrogens with one attached hydrogen (secondary N) is 1. The molecule has 1 fully saturated rings. The molecule has 0 radical (unpaired) electrons. The highest BCUT2D eigenvalue weighted by molar-refractivity contribution is 5.81. The van der Waals surface area contributed by atoms with Crippen LogP contribution in [0.5, 0.6) is 17.2 Å². The molecule has 1 aliphatic carbocycles. The summed E-state index contributed by atoms with van der Waals surface area (Å²) >= 11 is 0. The predicted octanol–water partition coefficient (Wildman–Crippen LogP) is 4.23. The first kappa shape index (κ1) is 20.5. The van der Waals surface area contributed by atoms with Crippen molar-refractivity contribution in [1.29, 1.82) is 5.26 Å². The fourth-order valence-electron chi connectivity index (χ4n) is 3.78. The number of fused-ring (bicyclic) bond motifs is 1. The van der Waals surface area contributed by atoms with Crippen LogP contribution in [0, 0.1) is 18.3 Å². The number of aryl methyl sites for hydroxylation is 1. The minimum atomic E-state index is -0.789. The molecule has 0 aliphatic heterocycles. The highest BCUT2D eigenvalue weighted by Crippen LogP contribution is 2.29. The van der Waals surface area contributed by atoms with Gasteiger partial charge in [0.15, 0.2) is 6.61 Å². The molecule has 0 unspecified atom stereocenters. The number of nitriles is 1. The number of nitrogens with zero attached hydrogens (tertiary/aromatic N) is 1. The lowest BCUT2D eigenvalue weighted by Crippen LogP contribution is -2.47. The van der Waals surface area contributed by atoms with Gasteiger partial charge < -0.3 is 19.2 Å². The molecule has 1 saturated carbocycles. The number of rotatable bonds is 6. The lowest BCUT2D eigenvalue weighted by atomic mass is 10.00. The molecule has 0 saturated heterocycles. The molecule has 0 bridgehead atoms. The first-order valence-corrected chi connectivity index (χ1v) is 10.2. The van der Waals surface area contributed by atoms with Crippen LogP contribution < -0.4 is 20.2 Å². The van der Waals surface area contributed by atoms with Crippen molar-refractivity contribution in [1.82, 2.24) is 5.32 Å². The van der Waals surface area contributed by atoms with Gasteiger partial charge in [-0.2, -0.15) is 5.26 Å². The highest BCUT2D eigenvalue weighted by atomic mass is 16.5. The number of carbonyl (C=O) groups excluding carboxylic acids is 1. The van der Waals surface area contributed by atoms with E-state index >= 15 is 0 Å². The number of hydrogen-bond donors (Lipinski definition) is 1. The van der Waals surface area contributed by atoms with Crippen LogP contribution in [0.2, 0.25) is 0 Å². The summed E-state index contributed by atoms with van der Waals surface area (Å²) < 4.78 is 17.1. The van der Waals surface area contributed by atoms with E-state index in [0.717, 1.165) is 12.8 Å². The fraction of sp³-hybridized carbons (Fsp3) is 0.292. The van der Waals surface area contributed by atoms with Gasteiger partial charge in [0.2, 0.25) is 11.2 Å². The smallest absolute Gasteiger partial charge is 0.259 e. The Morgan fingerprint density at radius 3 is 2.61 bits per heavy atom. The SMILES string of the molecule is Cc1oc2cc(OCC(=O)NC3(C#N)CCCC3)ccc2c(=O)c1Oc1ccccc1. The summed E-state index contributed by atoms with van der Waals surface area (Å²) in [7, 11) is 0. The summed E-state index contributed by atoms with van der Waals surface area (Å²) in [6.07, 6.45) is 3.16. The van der Waals surface area contributed by atoms with Crippen molar-refractivity contribution < 1.29 is 18.7 Å². The van der Waals surface area contributed by atoms with Gasteiger partial charge in [0.1, 0.15) is 28.4 Å². The monoisotopic (exact) mass is 418 g/mol. The minimum absolute atomic E-state index is 0.130. The second-order valence-electron chi connectivity index (χ2n) is 7.63. The van der Waals surface area contributed by atoms with Crippen molar-refractivity contribution in [3.8, 4) is 23.3 Å². The highest BCUT2D eigenvalue weighted by Gasteiger charge is 2.35. The van der Waals surface area contributed by atoms with Crippen LogP contribution in [0.4, 0.5) is 0 Å². The predicted molar refractivity (Wildman–Crippen MR) is 114 cm³/mol. The van der Waals surface area contributed by atoms with Crippen molar-refractivity contribution >= 4 is 16.9 Å². The molecule has 1 N–H and O–H groups in total. The Morgan fingerprint density at radius 2 is 1.90 bits per heavy atom. The number of benzene rings is 2. The number of ether oxygens (including phenoxy) is 2. The van der Waals surface area contributed by atoms with Crippen LogP contribution in [0.25, 0.3) is 11.0 Å². The molecular formula is C24H22N2O5. The zero-order valence-corrected chi connectivity index (χ0v) is 17.1. The van der Waals surface area contributed by atoms with E-state index < -0.39 is 5.54 Å². The van der Waals surface area contributed by atoms with Crippen LogP contribution in [-0.2, 0) is 4.79 Å². The van der Waals surface area contributed by atoms with Crippen LogP contribution >= 0.6 is 0 Å². The van der Waals surface area contributed by atoms with E-state index in [2.05, 4.69) is 11.4 Å². The van der Waals surface area contributed by atoms with Crippen molar-refractivity contribution in [2.75, 3.05) is 6.61 Å². The number of carbonyl (C=O) groups is 1. The first-order chi connectivity index (χ1) is 15.0. The summed E-state index contributed by atoms with van der Waals surface area (Å²) in [6, 6.07) is 16.0. The maximum Gasteiger partial charge on any atom is 0.259 e. The second-order valence-corrected chi connectivity index (χ2v) is 7.63. The summed E-state index contributed by atoms with van der Waals surface area (Å²) in [6.45, 7) is 1.43. The Balaban J connectivity index is 1.49. The number of para-hydroxylation sites is 1. The van der Waals surface area contributed by atoms with E-state index in [-0.39, 0.29) is 23.7 Å².